The average Bonchev–Trinajstić information content (AvgIpc) is 2.56. The minimum atomic E-state index is -0.212. The van der Waals surface area contributed by atoms with Gasteiger partial charge in [-0.25, -0.2) is 4.39 Å². The number of rotatable bonds is 8. The summed E-state index contributed by atoms with van der Waals surface area (Å²) in [5, 5.41) is 3.34. The summed E-state index contributed by atoms with van der Waals surface area (Å²) in [6.07, 6.45) is 0. The van der Waals surface area contributed by atoms with Gasteiger partial charge < -0.3 is 15.0 Å². The highest BCUT2D eigenvalue weighted by atomic mass is 35.5. The van der Waals surface area contributed by atoms with Crippen molar-refractivity contribution in [2.75, 3.05) is 38.3 Å². The number of quaternary nitrogens is 1. The molecule has 0 spiro atoms. The van der Waals surface area contributed by atoms with Crippen molar-refractivity contribution < 1.29 is 18.8 Å². The van der Waals surface area contributed by atoms with Crippen LogP contribution < -0.4 is 15.0 Å². The molecule has 0 fully saturated rings. The molecule has 0 aliphatic rings. The summed E-state index contributed by atoms with van der Waals surface area (Å²) in [5.74, 6) is 0.941. The van der Waals surface area contributed by atoms with Crippen LogP contribution in [-0.4, -0.2) is 38.9 Å². The van der Waals surface area contributed by atoms with E-state index in [-0.39, 0.29) is 11.7 Å². The van der Waals surface area contributed by atoms with E-state index in [9.17, 15) is 9.18 Å². The first-order valence-corrected chi connectivity index (χ1v) is 9.18. The average molecular weight is 384 g/mol. The maximum Gasteiger partial charge on any atom is 0.279 e. The van der Waals surface area contributed by atoms with Crippen molar-refractivity contribution in [3.63, 3.8) is 0 Å². The molecule has 0 aliphatic carbocycles. The van der Waals surface area contributed by atoms with Gasteiger partial charge in [-0.3, -0.25) is 4.79 Å². The first-order valence-electron chi connectivity index (χ1n) is 7.81. The van der Waals surface area contributed by atoms with Crippen LogP contribution in [0.25, 0.3) is 0 Å². The third kappa shape index (κ3) is 6.23. The molecule has 2 rings (SSSR count). The zero-order valence-electron chi connectivity index (χ0n) is 14.1. The number of nitrogens with one attached hydrogen (secondary N) is 2. The first-order chi connectivity index (χ1) is 12.0. The Hall–Kier alpha value is -1.76. The van der Waals surface area contributed by atoms with E-state index in [1.165, 1.54) is 24.9 Å². The Bertz CT molecular complexity index is 730. The standard InChI is InChI=1S/C18H20ClFN2O2S/c1-22(9-10-25-17-6-4-3-5-14(17)20)12-18(23)21-15-11-13(19)7-8-16(15)24-2/h3-8,11H,9-10,12H2,1-2H3,(H,21,23)/p+1. The number of hydrogen-bond donors (Lipinski definition) is 2. The molecule has 0 heterocycles. The smallest absolute Gasteiger partial charge is 0.279 e. The van der Waals surface area contributed by atoms with Gasteiger partial charge in [-0.1, -0.05) is 23.7 Å². The molecule has 1 unspecified atom stereocenters. The molecule has 2 aromatic carbocycles. The summed E-state index contributed by atoms with van der Waals surface area (Å²) < 4.78 is 18.8. The molecule has 0 bridgehead atoms. The minimum Gasteiger partial charge on any atom is -0.495 e. The first kappa shape index (κ1) is 19.6. The van der Waals surface area contributed by atoms with Gasteiger partial charge in [-0.2, -0.15) is 0 Å². The van der Waals surface area contributed by atoms with Gasteiger partial charge in [0.2, 0.25) is 0 Å². The molecule has 0 saturated heterocycles. The Balaban J connectivity index is 1.80. The number of anilines is 1. The van der Waals surface area contributed by atoms with Crippen molar-refractivity contribution in [2.45, 2.75) is 4.90 Å². The van der Waals surface area contributed by atoms with Crippen LogP contribution in [0.4, 0.5) is 10.1 Å². The van der Waals surface area contributed by atoms with Crippen LogP contribution in [0.15, 0.2) is 47.4 Å². The fourth-order valence-corrected chi connectivity index (χ4v) is 3.46. The quantitative estimate of drug-likeness (QED) is 0.689. The van der Waals surface area contributed by atoms with E-state index in [0.29, 0.717) is 27.9 Å². The molecule has 2 aromatic rings. The number of amides is 1. The van der Waals surface area contributed by atoms with Gasteiger partial charge in [0.05, 0.1) is 26.4 Å². The Kier molecular flexibility index (Phi) is 7.55. The lowest BCUT2D eigenvalue weighted by molar-refractivity contribution is -0.868. The SMILES string of the molecule is COc1ccc(Cl)cc1NC(=O)C[NH+](C)CCSc1ccccc1F. The Morgan fingerprint density at radius 2 is 2.08 bits per heavy atom. The molecule has 134 valence electrons. The maximum absolute atomic E-state index is 13.6. The van der Waals surface area contributed by atoms with Gasteiger partial charge in [0.15, 0.2) is 6.54 Å². The van der Waals surface area contributed by atoms with E-state index in [2.05, 4.69) is 5.32 Å². The minimum absolute atomic E-state index is 0.131. The van der Waals surface area contributed by atoms with Crippen LogP contribution in [0.1, 0.15) is 0 Å². The summed E-state index contributed by atoms with van der Waals surface area (Å²) >= 11 is 7.41. The molecule has 4 nitrogen and oxygen atoms in total. The monoisotopic (exact) mass is 383 g/mol. The van der Waals surface area contributed by atoms with Gasteiger partial charge in [0.25, 0.3) is 5.91 Å². The second-order valence-corrected chi connectivity index (χ2v) is 7.13. The number of hydrogen-bond acceptors (Lipinski definition) is 3. The Morgan fingerprint density at radius 3 is 2.80 bits per heavy atom. The molecule has 2 N–H and O–H groups in total. The molecule has 0 radical (unpaired) electrons. The van der Waals surface area contributed by atoms with Crippen molar-refractivity contribution >= 4 is 35.0 Å². The number of likely N-dealkylation sites (N-methyl/N-ethyl adjacent to an activating group) is 1. The zero-order chi connectivity index (χ0) is 18.2. The summed E-state index contributed by atoms with van der Waals surface area (Å²) in [6.45, 7) is 1.03. The van der Waals surface area contributed by atoms with E-state index in [1.807, 2.05) is 13.1 Å². The highest BCUT2D eigenvalue weighted by molar-refractivity contribution is 7.99. The van der Waals surface area contributed by atoms with Crippen molar-refractivity contribution in [3.05, 3.63) is 53.3 Å². The predicted molar refractivity (Wildman–Crippen MR) is 100 cm³/mol. The number of carbonyl (C=O) groups is 1. The molecule has 1 atom stereocenters. The normalized spacial score (nSPS) is 11.8. The number of methoxy groups -OCH3 is 1. The molecular formula is C18H21ClFN2O2S+. The second-order valence-electron chi connectivity index (χ2n) is 5.56. The van der Waals surface area contributed by atoms with Crippen LogP contribution >= 0.6 is 23.4 Å². The van der Waals surface area contributed by atoms with Gasteiger partial charge in [-0.05, 0) is 30.3 Å². The van der Waals surface area contributed by atoms with E-state index in [1.54, 1.807) is 30.3 Å². The Labute approximate surface area is 156 Å². The van der Waals surface area contributed by atoms with Crippen molar-refractivity contribution in [1.82, 2.24) is 0 Å². The van der Waals surface area contributed by atoms with E-state index in [4.69, 9.17) is 16.3 Å². The van der Waals surface area contributed by atoms with Crippen LogP contribution in [0.5, 0.6) is 5.75 Å². The molecular weight excluding hydrogens is 363 g/mol. The topological polar surface area (TPSA) is 42.8 Å². The van der Waals surface area contributed by atoms with E-state index >= 15 is 0 Å². The van der Waals surface area contributed by atoms with E-state index in [0.717, 1.165) is 17.2 Å². The number of halogens is 2. The van der Waals surface area contributed by atoms with Crippen molar-refractivity contribution in [1.29, 1.82) is 0 Å². The number of benzene rings is 2. The summed E-state index contributed by atoms with van der Waals surface area (Å²) in [4.78, 5) is 13.9. The van der Waals surface area contributed by atoms with Crippen molar-refractivity contribution in [3.8, 4) is 5.75 Å². The van der Waals surface area contributed by atoms with E-state index < -0.39 is 0 Å². The predicted octanol–water partition coefficient (Wildman–Crippen LogP) is 2.73. The molecule has 0 aromatic heterocycles. The second kappa shape index (κ2) is 9.65. The molecule has 25 heavy (non-hydrogen) atoms. The highest BCUT2D eigenvalue weighted by Gasteiger charge is 2.13. The van der Waals surface area contributed by atoms with Crippen LogP contribution in [0.2, 0.25) is 5.02 Å². The number of carbonyl (C=O) groups excluding carboxylic acids is 1. The summed E-state index contributed by atoms with van der Waals surface area (Å²) in [6, 6.07) is 11.8. The maximum atomic E-state index is 13.6. The fraction of sp³-hybridized carbons (Fsp3) is 0.278. The third-order valence-corrected chi connectivity index (χ3v) is 4.81. The zero-order valence-corrected chi connectivity index (χ0v) is 15.7. The lowest BCUT2D eigenvalue weighted by atomic mass is 10.3. The summed E-state index contributed by atoms with van der Waals surface area (Å²) in [5.41, 5.74) is 0.550. The van der Waals surface area contributed by atoms with Gasteiger partial charge in [-0.15, -0.1) is 11.8 Å². The lowest BCUT2D eigenvalue weighted by Crippen LogP contribution is -3.10. The fourth-order valence-electron chi connectivity index (χ4n) is 2.23. The largest absolute Gasteiger partial charge is 0.495 e. The van der Waals surface area contributed by atoms with Crippen LogP contribution in [0.3, 0.4) is 0 Å². The molecule has 1 amide bonds. The Morgan fingerprint density at radius 1 is 1.32 bits per heavy atom. The molecule has 0 aliphatic heterocycles. The van der Waals surface area contributed by atoms with Crippen LogP contribution in [-0.2, 0) is 4.79 Å². The third-order valence-electron chi connectivity index (χ3n) is 3.52. The summed E-state index contributed by atoms with van der Waals surface area (Å²) in [7, 11) is 3.47. The van der Waals surface area contributed by atoms with Gasteiger partial charge in [0.1, 0.15) is 11.6 Å². The number of ether oxygens (including phenoxy) is 1. The highest BCUT2D eigenvalue weighted by Crippen LogP contribution is 2.27. The van der Waals surface area contributed by atoms with Crippen LogP contribution in [0, 0.1) is 5.82 Å². The lowest BCUT2D eigenvalue weighted by Gasteiger charge is -2.15. The number of thioether (sulfide) groups is 1. The van der Waals surface area contributed by atoms with Crippen molar-refractivity contribution in [2.24, 2.45) is 0 Å². The molecule has 7 heteroatoms. The van der Waals surface area contributed by atoms with Gasteiger partial charge >= 0.3 is 0 Å². The molecule has 0 saturated carbocycles. The van der Waals surface area contributed by atoms with Gasteiger partial charge in [0, 0.05) is 15.7 Å².